The van der Waals surface area contributed by atoms with Gasteiger partial charge in [0, 0.05) is 8.95 Å². The monoisotopic (exact) mass is 321 g/mol. The Morgan fingerprint density at radius 3 is 2.86 bits per heavy atom. The van der Waals surface area contributed by atoms with Gasteiger partial charge in [-0.15, -0.1) is 0 Å². The molecule has 0 aromatic heterocycles. The minimum Gasteiger partial charge on any atom is -0.274 e. The van der Waals surface area contributed by atoms with Crippen LogP contribution in [0.4, 0.5) is 0 Å². The van der Waals surface area contributed by atoms with Crippen LogP contribution >= 0.6 is 31.9 Å². The van der Waals surface area contributed by atoms with Crippen molar-refractivity contribution in [3.05, 3.63) is 32.7 Å². The van der Waals surface area contributed by atoms with E-state index in [0.717, 1.165) is 8.95 Å². The first kappa shape index (κ1) is 11.7. The van der Waals surface area contributed by atoms with Crippen molar-refractivity contribution in [2.75, 3.05) is 6.61 Å². The molecule has 1 aromatic carbocycles. The third-order valence-corrected chi connectivity index (χ3v) is 2.67. The number of hydrogen-bond acceptors (Lipinski definition) is 2. The summed E-state index contributed by atoms with van der Waals surface area (Å²) < 4.78 is 1.58. The highest BCUT2D eigenvalue weighted by Gasteiger charge is 2.09. The molecule has 0 aliphatic carbocycles. The van der Waals surface area contributed by atoms with E-state index in [1.165, 1.54) is 0 Å². The predicted octanol–water partition coefficient (Wildman–Crippen LogP) is 2.89. The van der Waals surface area contributed by atoms with Gasteiger partial charge in [-0.1, -0.05) is 15.9 Å². The summed E-state index contributed by atoms with van der Waals surface area (Å²) in [5.41, 5.74) is 2.86. The molecule has 76 valence electrons. The molecule has 0 radical (unpaired) electrons. The van der Waals surface area contributed by atoms with Gasteiger partial charge in [-0.3, -0.25) is 9.63 Å². The lowest BCUT2D eigenvalue weighted by molar-refractivity contribution is 0.0364. The first-order chi connectivity index (χ1) is 6.65. The molecule has 0 bridgehead atoms. The summed E-state index contributed by atoms with van der Waals surface area (Å²) in [6.07, 6.45) is 0. The van der Waals surface area contributed by atoms with Crippen LogP contribution in [0.5, 0.6) is 0 Å². The fraction of sp³-hybridized carbons (Fsp3) is 0.222. The molecule has 0 saturated heterocycles. The molecule has 0 saturated carbocycles. The molecular weight excluding hydrogens is 314 g/mol. The van der Waals surface area contributed by atoms with Crippen LogP contribution in [0.1, 0.15) is 17.3 Å². The lowest BCUT2D eigenvalue weighted by Crippen LogP contribution is -2.23. The largest absolute Gasteiger partial charge is 0.276 e. The minimum atomic E-state index is -0.264. The highest BCUT2D eigenvalue weighted by Crippen LogP contribution is 2.21. The highest BCUT2D eigenvalue weighted by atomic mass is 79.9. The zero-order valence-corrected chi connectivity index (χ0v) is 10.7. The fourth-order valence-electron chi connectivity index (χ4n) is 0.864. The molecule has 1 N–H and O–H groups in total. The van der Waals surface area contributed by atoms with Crippen LogP contribution in [0.2, 0.25) is 0 Å². The van der Waals surface area contributed by atoms with Crippen LogP contribution < -0.4 is 5.48 Å². The predicted molar refractivity (Wildman–Crippen MR) is 60.9 cm³/mol. The summed E-state index contributed by atoms with van der Waals surface area (Å²) >= 11 is 6.58. The van der Waals surface area contributed by atoms with E-state index in [2.05, 4.69) is 37.3 Å². The number of benzene rings is 1. The molecular formula is C9H9Br2NO2. The SMILES string of the molecule is CCONC(=O)c1cc(Br)ccc1Br. The van der Waals surface area contributed by atoms with E-state index in [1.807, 2.05) is 6.07 Å². The van der Waals surface area contributed by atoms with Gasteiger partial charge in [0.1, 0.15) is 0 Å². The lowest BCUT2D eigenvalue weighted by atomic mass is 10.2. The topological polar surface area (TPSA) is 38.3 Å². The number of amides is 1. The summed E-state index contributed by atoms with van der Waals surface area (Å²) in [5, 5.41) is 0. The second-order valence-electron chi connectivity index (χ2n) is 2.49. The smallest absolute Gasteiger partial charge is 0.274 e. The summed E-state index contributed by atoms with van der Waals surface area (Å²) in [6.45, 7) is 2.24. The Bertz CT molecular complexity index is 342. The molecule has 0 aliphatic rings. The maximum atomic E-state index is 11.5. The van der Waals surface area contributed by atoms with Crippen molar-refractivity contribution in [2.45, 2.75) is 6.92 Å². The van der Waals surface area contributed by atoms with Crippen molar-refractivity contribution in [1.82, 2.24) is 5.48 Å². The lowest BCUT2D eigenvalue weighted by Gasteiger charge is -2.05. The van der Waals surface area contributed by atoms with Crippen LogP contribution in [-0.4, -0.2) is 12.5 Å². The second kappa shape index (κ2) is 5.48. The summed E-state index contributed by atoms with van der Waals surface area (Å²) in [4.78, 5) is 16.3. The van der Waals surface area contributed by atoms with Crippen LogP contribution in [0.25, 0.3) is 0 Å². The van der Waals surface area contributed by atoms with Gasteiger partial charge in [-0.25, -0.2) is 5.48 Å². The molecule has 1 aromatic rings. The first-order valence-corrected chi connectivity index (χ1v) is 5.61. The van der Waals surface area contributed by atoms with Gasteiger partial charge in [0.2, 0.25) is 0 Å². The third kappa shape index (κ3) is 3.08. The molecule has 1 amide bonds. The number of halogens is 2. The average molecular weight is 323 g/mol. The summed E-state index contributed by atoms with van der Waals surface area (Å²) in [5.74, 6) is -0.264. The zero-order chi connectivity index (χ0) is 10.6. The zero-order valence-electron chi connectivity index (χ0n) is 7.51. The van der Waals surface area contributed by atoms with Crippen LogP contribution in [-0.2, 0) is 4.84 Å². The van der Waals surface area contributed by atoms with E-state index in [-0.39, 0.29) is 5.91 Å². The van der Waals surface area contributed by atoms with Crippen molar-refractivity contribution >= 4 is 37.8 Å². The number of hydroxylamine groups is 1. The summed E-state index contributed by atoms with van der Waals surface area (Å²) in [7, 11) is 0. The van der Waals surface area contributed by atoms with E-state index < -0.39 is 0 Å². The molecule has 0 fully saturated rings. The number of hydrogen-bond donors (Lipinski definition) is 1. The number of carbonyl (C=O) groups is 1. The molecule has 0 atom stereocenters. The molecule has 0 aliphatic heterocycles. The molecule has 1 rings (SSSR count). The normalized spacial score (nSPS) is 9.93. The Hall–Kier alpha value is -0.390. The highest BCUT2D eigenvalue weighted by molar-refractivity contribution is 9.11. The van der Waals surface area contributed by atoms with Gasteiger partial charge < -0.3 is 0 Å². The van der Waals surface area contributed by atoms with Gasteiger partial charge in [-0.05, 0) is 41.1 Å². The van der Waals surface area contributed by atoms with Gasteiger partial charge in [0.25, 0.3) is 5.91 Å². The van der Waals surface area contributed by atoms with E-state index >= 15 is 0 Å². The van der Waals surface area contributed by atoms with Crippen LogP contribution in [0.3, 0.4) is 0 Å². The molecule has 0 spiro atoms. The fourth-order valence-corrected chi connectivity index (χ4v) is 1.65. The molecule has 0 heterocycles. The van der Waals surface area contributed by atoms with Crippen molar-refractivity contribution in [3.63, 3.8) is 0 Å². The van der Waals surface area contributed by atoms with Crippen molar-refractivity contribution < 1.29 is 9.63 Å². The number of nitrogens with one attached hydrogen (secondary N) is 1. The molecule has 5 heteroatoms. The van der Waals surface area contributed by atoms with E-state index in [0.29, 0.717) is 12.2 Å². The summed E-state index contributed by atoms with van der Waals surface area (Å²) in [6, 6.07) is 5.37. The Kier molecular flexibility index (Phi) is 4.57. The molecule has 14 heavy (non-hydrogen) atoms. The maximum absolute atomic E-state index is 11.5. The number of rotatable bonds is 3. The Balaban J connectivity index is 2.83. The Morgan fingerprint density at radius 2 is 2.21 bits per heavy atom. The van der Waals surface area contributed by atoms with Crippen LogP contribution in [0, 0.1) is 0 Å². The van der Waals surface area contributed by atoms with E-state index in [1.54, 1.807) is 19.1 Å². The molecule has 0 unspecified atom stereocenters. The Morgan fingerprint density at radius 1 is 1.50 bits per heavy atom. The third-order valence-electron chi connectivity index (χ3n) is 1.48. The number of carbonyl (C=O) groups excluding carboxylic acids is 1. The van der Waals surface area contributed by atoms with Crippen molar-refractivity contribution in [1.29, 1.82) is 0 Å². The van der Waals surface area contributed by atoms with E-state index in [4.69, 9.17) is 4.84 Å². The first-order valence-electron chi connectivity index (χ1n) is 4.02. The van der Waals surface area contributed by atoms with Crippen molar-refractivity contribution in [3.8, 4) is 0 Å². The van der Waals surface area contributed by atoms with Gasteiger partial charge in [-0.2, -0.15) is 0 Å². The van der Waals surface area contributed by atoms with Gasteiger partial charge in [0.15, 0.2) is 0 Å². The quantitative estimate of drug-likeness (QED) is 0.869. The average Bonchev–Trinajstić information content (AvgIpc) is 2.18. The van der Waals surface area contributed by atoms with Gasteiger partial charge in [0.05, 0.1) is 12.2 Å². The standard InChI is InChI=1S/C9H9Br2NO2/c1-2-14-12-9(13)7-5-6(10)3-4-8(7)11/h3-5H,2H2,1H3,(H,12,13). The minimum absolute atomic E-state index is 0.264. The van der Waals surface area contributed by atoms with Gasteiger partial charge >= 0.3 is 0 Å². The van der Waals surface area contributed by atoms with E-state index in [9.17, 15) is 4.79 Å². The second-order valence-corrected chi connectivity index (χ2v) is 4.26. The van der Waals surface area contributed by atoms with Crippen LogP contribution in [0.15, 0.2) is 27.1 Å². The Labute approximate surface area is 99.0 Å². The molecule has 3 nitrogen and oxygen atoms in total. The van der Waals surface area contributed by atoms with Crippen molar-refractivity contribution in [2.24, 2.45) is 0 Å². The maximum Gasteiger partial charge on any atom is 0.276 e.